The lowest BCUT2D eigenvalue weighted by atomic mass is 10.3. The minimum absolute atomic E-state index is 0.0876. The van der Waals surface area contributed by atoms with Gasteiger partial charge in [-0.3, -0.25) is 4.79 Å². The van der Waals surface area contributed by atoms with E-state index in [4.69, 9.17) is 24.4 Å². The highest BCUT2D eigenvalue weighted by atomic mass is 32.2. The van der Waals surface area contributed by atoms with Gasteiger partial charge in [-0.15, -0.1) is 0 Å². The molecule has 0 unspecified atom stereocenters. The van der Waals surface area contributed by atoms with Crippen molar-refractivity contribution in [2.75, 3.05) is 31.3 Å². The zero-order valence-electron chi connectivity index (χ0n) is 14.4. The quantitative estimate of drug-likeness (QED) is 0.529. The second kappa shape index (κ2) is 8.19. The average molecular weight is 391 g/mol. The number of hydrogen-bond acceptors (Lipinski definition) is 5. The van der Waals surface area contributed by atoms with Gasteiger partial charge in [-0.05, 0) is 39.5 Å². The molecule has 2 aliphatic rings. The lowest BCUT2D eigenvalue weighted by Gasteiger charge is -2.25. The third-order valence-electron chi connectivity index (χ3n) is 4.34. The highest BCUT2D eigenvalue weighted by molar-refractivity contribution is 7.92. The van der Waals surface area contributed by atoms with Gasteiger partial charge in [0.2, 0.25) is 0 Å². The number of rotatable bonds is 10. The van der Waals surface area contributed by atoms with E-state index in [1.54, 1.807) is 4.90 Å². The molecule has 136 valence electrons. The first-order valence-electron chi connectivity index (χ1n) is 8.57. The lowest BCUT2D eigenvalue weighted by molar-refractivity contribution is -0.117. The predicted molar refractivity (Wildman–Crippen MR) is 104 cm³/mol. The summed E-state index contributed by atoms with van der Waals surface area (Å²) in [6.45, 7) is 5.09. The smallest absolute Gasteiger partial charge is 0.175 e. The monoisotopic (exact) mass is 390 g/mol. The Morgan fingerprint density at radius 2 is 1.42 bits per heavy atom. The molecule has 0 amide bonds. The van der Waals surface area contributed by atoms with Gasteiger partial charge in [0.25, 0.3) is 0 Å². The molecule has 0 radical (unpaired) electrons. The van der Waals surface area contributed by atoms with Crippen LogP contribution in [0.1, 0.15) is 39.5 Å². The molecule has 2 saturated carbocycles. The summed E-state index contributed by atoms with van der Waals surface area (Å²) in [5.74, 6) is -0.161. The van der Waals surface area contributed by atoms with Crippen LogP contribution in [0.2, 0.25) is 0 Å². The van der Waals surface area contributed by atoms with Crippen LogP contribution in [0.4, 0.5) is 0 Å². The molecular weight excluding hydrogens is 364 g/mol. The van der Waals surface area contributed by atoms with E-state index in [0.29, 0.717) is 24.9 Å². The van der Waals surface area contributed by atoms with E-state index in [2.05, 4.69) is 0 Å². The van der Waals surface area contributed by atoms with E-state index >= 15 is 0 Å². The van der Waals surface area contributed by atoms with Crippen LogP contribution in [-0.2, 0) is 14.6 Å². The Morgan fingerprint density at radius 1 is 0.958 bits per heavy atom. The third kappa shape index (κ3) is 5.74. The largest absolute Gasteiger partial charge is 0.359 e. The summed E-state index contributed by atoms with van der Waals surface area (Å²) in [4.78, 5) is 17.3. The molecule has 0 saturated heterocycles. The van der Waals surface area contributed by atoms with Gasteiger partial charge in [0.15, 0.2) is 15.6 Å². The van der Waals surface area contributed by atoms with Crippen molar-refractivity contribution in [2.24, 2.45) is 11.8 Å². The molecule has 5 nitrogen and oxygen atoms in total. The van der Waals surface area contributed by atoms with Crippen LogP contribution in [0.5, 0.6) is 0 Å². The van der Waals surface area contributed by atoms with Crippen LogP contribution in [0.3, 0.4) is 0 Å². The number of carbonyl (C=O) groups excluding carboxylic acids is 1. The lowest BCUT2D eigenvalue weighted by Crippen LogP contribution is -2.40. The van der Waals surface area contributed by atoms with E-state index in [1.165, 1.54) is 0 Å². The summed E-state index contributed by atoms with van der Waals surface area (Å²) in [6, 6.07) is 0. The molecule has 24 heavy (non-hydrogen) atoms. The average Bonchev–Trinajstić information content (AvgIpc) is 3.40. The second-order valence-electron chi connectivity index (χ2n) is 6.65. The molecule has 2 fully saturated rings. The van der Waals surface area contributed by atoms with Crippen molar-refractivity contribution in [3.63, 3.8) is 0 Å². The van der Waals surface area contributed by atoms with Crippen LogP contribution < -0.4 is 0 Å². The Morgan fingerprint density at radius 3 is 1.83 bits per heavy atom. The Kier molecular flexibility index (Phi) is 6.73. The first-order chi connectivity index (χ1) is 11.3. The third-order valence-corrected chi connectivity index (χ3v) is 6.99. The maximum atomic E-state index is 12.4. The fourth-order valence-corrected chi connectivity index (χ4v) is 5.03. The van der Waals surface area contributed by atoms with Crippen LogP contribution in [0, 0.1) is 11.8 Å². The van der Waals surface area contributed by atoms with Gasteiger partial charge in [-0.2, -0.15) is 0 Å². The number of ketones is 1. The Hall–Kier alpha value is -0.600. The molecule has 0 aromatic heterocycles. The van der Waals surface area contributed by atoms with E-state index < -0.39 is 15.6 Å². The van der Waals surface area contributed by atoms with Gasteiger partial charge in [0.1, 0.15) is 11.6 Å². The highest BCUT2D eigenvalue weighted by Gasteiger charge is 2.33. The Labute approximate surface area is 155 Å². The number of sulfone groups is 1. The van der Waals surface area contributed by atoms with E-state index in [0.717, 1.165) is 35.7 Å². The fourth-order valence-electron chi connectivity index (χ4n) is 2.62. The van der Waals surface area contributed by atoms with Gasteiger partial charge in [0, 0.05) is 24.9 Å². The maximum Gasteiger partial charge on any atom is 0.175 e. The molecular formula is C16H26N2O3S3. The number of hydrogen-bond donors (Lipinski definition) is 0. The number of Topliss-reactive ketones (excluding diaryl/α,β-unsaturated/α-hetero) is 1. The van der Waals surface area contributed by atoms with Crippen molar-refractivity contribution in [1.82, 2.24) is 9.80 Å². The summed E-state index contributed by atoms with van der Waals surface area (Å²) < 4.78 is 24.7. The molecule has 0 bridgehead atoms. The summed E-state index contributed by atoms with van der Waals surface area (Å²) in [5, 5.41) is 0. The minimum atomic E-state index is -3.51. The molecule has 0 heterocycles. The maximum absolute atomic E-state index is 12.4. The summed E-state index contributed by atoms with van der Waals surface area (Å²) in [6.07, 6.45) is 4.23. The SMILES string of the molecule is CCN(CC(=O)CS(=O)(=O)CN(CC)C(=S)C1CC1)C(=S)C1CC1. The highest BCUT2D eigenvalue weighted by Crippen LogP contribution is 2.32. The van der Waals surface area contributed by atoms with E-state index in [1.807, 2.05) is 18.7 Å². The number of carbonyl (C=O) groups is 1. The topological polar surface area (TPSA) is 57.7 Å². The predicted octanol–water partition coefficient (Wildman–Crippen LogP) is 2.05. The van der Waals surface area contributed by atoms with Crippen LogP contribution in [0.15, 0.2) is 0 Å². The molecule has 0 spiro atoms. The molecule has 0 aromatic rings. The van der Waals surface area contributed by atoms with Gasteiger partial charge in [-0.25, -0.2) is 8.42 Å². The van der Waals surface area contributed by atoms with Crippen molar-refractivity contribution in [2.45, 2.75) is 39.5 Å². The van der Waals surface area contributed by atoms with Gasteiger partial charge in [-0.1, -0.05) is 24.4 Å². The summed E-state index contributed by atoms with van der Waals surface area (Å²) in [5.41, 5.74) is 0. The molecule has 0 N–H and O–H groups in total. The van der Waals surface area contributed by atoms with Gasteiger partial charge < -0.3 is 9.80 Å². The van der Waals surface area contributed by atoms with Crippen molar-refractivity contribution >= 4 is 50.0 Å². The molecule has 0 atom stereocenters. The Bertz CT molecular complexity index is 610. The molecule has 8 heteroatoms. The van der Waals surface area contributed by atoms with Crippen LogP contribution in [-0.4, -0.2) is 65.2 Å². The molecule has 0 aromatic carbocycles. The van der Waals surface area contributed by atoms with E-state index in [-0.39, 0.29) is 18.2 Å². The zero-order valence-corrected chi connectivity index (χ0v) is 16.8. The number of likely N-dealkylation sites (N-methyl/N-ethyl adjacent to an activating group) is 1. The van der Waals surface area contributed by atoms with Crippen molar-refractivity contribution < 1.29 is 13.2 Å². The van der Waals surface area contributed by atoms with Crippen molar-refractivity contribution in [1.29, 1.82) is 0 Å². The molecule has 2 aliphatic carbocycles. The Balaban J connectivity index is 1.88. The standard InChI is InChI=1S/C16H26N2O3S3/c1-3-17(15(22)12-5-6-12)9-14(19)10-24(20,21)11-18(4-2)16(23)13-7-8-13/h12-13H,3-11H2,1-2H3. The second-order valence-corrected chi connectivity index (χ2v) is 9.52. The summed E-state index contributed by atoms with van der Waals surface area (Å²) in [7, 11) is -3.51. The first kappa shape index (κ1) is 19.7. The van der Waals surface area contributed by atoms with Gasteiger partial charge in [0.05, 0.1) is 16.5 Å². The summed E-state index contributed by atoms with van der Waals surface area (Å²) >= 11 is 10.7. The van der Waals surface area contributed by atoms with Crippen molar-refractivity contribution in [3.8, 4) is 0 Å². The first-order valence-corrected chi connectivity index (χ1v) is 11.2. The van der Waals surface area contributed by atoms with Gasteiger partial charge >= 0.3 is 0 Å². The number of nitrogens with zero attached hydrogens (tertiary/aromatic N) is 2. The minimum Gasteiger partial charge on any atom is -0.359 e. The van der Waals surface area contributed by atoms with Crippen LogP contribution in [0.25, 0.3) is 0 Å². The normalized spacial score (nSPS) is 17.4. The fraction of sp³-hybridized carbons (Fsp3) is 0.812. The zero-order chi connectivity index (χ0) is 17.9. The van der Waals surface area contributed by atoms with Crippen molar-refractivity contribution in [3.05, 3.63) is 0 Å². The van der Waals surface area contributed by atoms with E-state index in [9.17, 15) is 13.2 Å². The molecule has 0 aliphatic heterocycles. The molecule has 2 rings (SSSR count). The number of thiocarbonyl (C=S) groups is 2. The van der Waals surface area contributed by atoms with Crippen LogP contribution >= 0.6 is 24.4 Å².